The Morgan fingerprint density at radius 3 is 1.92 bits per heavy atom. The minimum Gasteiger partial charge on any atom is -0.462 e. The number of hydrogen-bond acceptors (Lipinski definition) is 14. The number of halogens is 1. The van der Waals surface area contributed by atoms with Crippen LogP contribution in [0.25, 0.3) is 0 Å². The molecule has 2 saturated heterocycles. The van der Waals surface area contributed by atoms with Crippen LogP contribution < -0.4 is 0 Å². The van der Waals surface area contributed by atoms with E-state index in [9.17, 15) is 33.9 Å². The summed E-state index contributed by atoms with van der Waals surface area (Å²) in [5, 5.41) is 11.4. The van der Waals surface area contributed by atoms with Gasteiger partial charge in [-0.3, -0.25) is 28.8 Å². The topological polar surface area (TPSA) is 191 Å². The van der Waals surface area contributed by atoms with Gasteiger partial charge in [0.2, 0.25) is 0 Å². The Bertz CT molecular complexity index is 1360. The van der Waals surface area contributed by atoms with E-state index in [-0.39, 0.29) is 37.4 Å². The first-order valence-electron chi connectivity index (χ1n) is 16.0. The largest absolute Gasteiger partial charge is 0.462 e. The molecule has 4 fully saturated rings. The van der Waals surface area contributed by atoms with Gasteiger partial charge in [-0.15, -0.1) is 11.6 Å². The van der Waals surface area contributed by atoms with Crippen molar-refractivity contribution in [3.63, 3.8) is 0 Å². The first kappa shape index (κ1) is 37.6. The summed E-state index contributed by atoms with van der Waals surface area (Å²) >= 11 is 6.92. The Kier molecular flexibility index (Phi) is 10.6. The maximum atomic E-state index is 13.3. The minimum atomic E-state index is -2.42. The van der Waals surface area contributed by atoms with Gasteiger partial charge in [0.1, 0.15) is 36.1 Å². The van der Waals surface area contributed by atoms with E-state index in [1.165, 1.54) is 6.92 Å². The van der Waals surface area contributed by atoms with Gasteiger partial charge in [0.25, 0.3) is 0 Å². The molecule has 268 valence electrons. The van der Waals surface area contributed by atoms with E-state index in [0.717, 1.165) is 27.7 Å². The number of rotatable bonds is 7. The number of alkyl halides is 1. The van der Waals surface area contributed by atoms with Crippen molar-refractivity contribution >= 4 is 47.4 Å². The zero-order valence-electron chi connectivity index (χ0n) is 28.4. The van der Waals surface area contributed by atoms with Crippen molar-refractivity contribution in [1.82, 2.24) is 0 Å². The lowest BCUT2D eigenvalue weighted by atomic mass is 9.51. The van der Waals surface area contributed by atoms with Gasteiger partial charge in [-0.1, -0.05) is 27.4 Å². The number of carbonyl (C=O) groups is 6. The van der Waals surface area contributed by atoms with E-state index in [1.807, 2.05) is 13.8 Å². The Balaban J connectivity index is 2.09. The third-order valence-electron chi connectivity index (χ3n) is 10.1. The molecule has 2 saturated carbocycles. The van der Waals surface area contributed by atoms with Gasteiger partial charge in [0, 0.05) is 52.9 Å². The minimum absolute atomic E-state index is 0.00399. The van der Waals surface area contributed by atoms with Gasteiger partial charge in [-0.2, -0.15) is 0 Å². The number of epoxide rings is 1. The van der Waals surface area contributed by atoms with Gasteiger partial charge in [0.15, 0.2) is 11.7 Å². The van der Waals surface area contributed by atoms with Gasteiger partial charge >= 0.3 is 35.8 Å². The second-order valence-corrected chi connectivity index (χ2v) is 14.4. The molecule has 0 aromatic heterocycles. The van der Waals surface area contributed by atoms with Crippen LogP contribution in [-0.4, -0.2) is 101 Å². The van der Waals surface area contributed by atoms with E-state index < -0.39 is 106 Å². The summed E-state index contributed by atoms with van der Waals surface area (Å²) in [6, 6.07) is 0. The van der Waals surface area contributed by atoms with Crippen molar-refractivity contribution in [2.45, 2.75) is 128 Å². The number of aliphatic hydroxyl groups is 1. The van der Waals surface area contributed by atoms with Gasteiger partial charge in [-0.05, 0) is 18.4 Å². The van der Waals surface area contributed by atoms with Crippen LogP contribution in [0, 0.1) is 23.2 Å². The van der Waals surface area contributed by atoms with Crippen LogP contribution >= 0.6 is 11.6 Å². The van der Waals surface area contributed by atoms with Crippen molar-refractivity contribution in [3.8, 4) is 0 Å². The molecule has 2 aliphatic heterocycles. The predicted octanol–water partition coefficient (Wildman–Crippen LogP) is 2.33. The maximum Gasteiger partial charge on any atom is 0.312 e. The lowest BCUT2D eigenvalue weighted by molar-refractivity contribution is -0.262. The second-order valence-electron chi connectivity index (χ2n) is 13.9. The molecule has 1 spiro atoms. The van der Waals surface area contributed by atoms with Crippen LogP contribution in [0.15, 0.2) is 12.2 Å². The molecular formula is C33H45ClO14. The van der Waals surface area contributed by atoms with Crippen LogP contribution in [0.5, 0.6) is 0 Å². The highest BCUT2D eigenvalue weighted by atomic mass is 35.5. The van der Waals surface area contributed by atoms with E-state index in [0.29, 0.717) is 0 Å². The van der Waals surface area contributed by atoms with Crippen molar-refractivity contribution in [2.24, 2.45) is 23.2 Å². The molecule has 15 heteroatoms. The maximum absolute atomic E-state index is 13.3. The Morgan fingerprint density at radius 2 is 1.44 bits per heavy atom. The van der Waals surface area contributed by atoms with E-state index in [4.69, 9.17) is 44.8 Å². The molecule has 4 rings (SSSR count). The van der Waals surface area contributed by atoms with E-state index in [2.05, 4.69) is 6.58 Å². The quantitative estimate of drug-likeness (QED) is 0.134. The normalized spacial score (nSPS) is 40.5. The molecular weight excluding hydrogens is 656 g/mol. The fourth-order valence-corrected chi connectivity index (χ4v) is 8.21. The Hall–Kier alpha value is -3.23. The second kappa shape index (κ2) is 13.6. The number of carbonyl (C=O) groups excluding carboxylic acids is 6. The fourth-order valence-electron chi connectivity index (χ4n) is 7.82. The first-order chi connectivity index (χ1) is 22.2. The molecule has 0 aromatic rings. The summed E-state index contributed by atoms with van der Waals surface area (Å²) in [5.74, 6) is -7.35. The molecule has 0 aromatic carbocycles. The standard InChI is InChI=1S/C33H45ClO14/c1-14(2)10-25(39)47-24-12-23(45-19(7)37)31(9)22(44-18(6)36)11-21(43-17(5)35)15(3)26(34)28-33(41,16(4)30(40)48-28)29(46-20(8)38)27(31)32(24)13-42-32/h14,16,21-24,26-29,41H,3,10-13H2,1-2,4-9H3. The van der Waals surface area contributed by atoms with Crippen molar-refractivity contribution < 1.29 is 67.0 Å². The SMILES string of the molecule is C=C1C(OC(C)=O)CC(OC(C)=O)C2(C)C(OC(C)=O)CC(OC(=O)CC(C)C)C3(CO3)C2C(OC(C)=O)C2(O)C(C)C(=O)OC2C1Cl. The number of hydrogen-bond donors (Lipinski definition) is 1. The summed E-state index contributed by atoms with van der Waals surface area (Å²) in [6.07, 6.45) is -8.70. The van der Waals surface area contributed by atoms with Crippen LogP contribution in [-0.2, 0) is 61.9 Å². The summed E-state index contributed by atoms with van der Waals surface area (Å²) in [6.45, 7) is 15.1. The monoisotopic (exact) mass is 700 g/mol. The lowest BCUT2D eigenvalue weighted by Crippen LogP contribution is -2.73. The smallest absolute Gasteiger partial charge is 0.312 e. The molecule has 14 nitrogen and oxygen atoms in total. The van der Waals surface area contributed by atoms with Crippen LogP contribution in [0.2, 0.25) is 0 Å². The predicted molar refractivity (Wildman–Crippen MR) is 164 cm³/mol. The third-order valence-corrected chi connectivity index (χ3v) is 10.6. The van der Waals surface area contributed by atoms with Gasteiger partial charge < -0.3 is 38.3 Å². The number of ether oxygens (including phenoxy) is 7. The molecule has 48 heavy (non-hydrogen) atoms. The highest BCUT2D eigenvalue weighted by Gasteiger charge is 2.79. The zero-order chi connectivity index (χ0) is 36.1. The van der Waals surface area contributed by atoms with Crippen LogP contribution in [0.4, 0.5) is 0 Å². The molecule has 0 bridgehead atoms. The zero-order valence-corrected chi connectivity index (χ0v) is 29.2. The lowest BCUT2D eigenvalue weighted by Gasteiger charge is -2.58. The number of fused-ring (bicyclic) bond motifs is 3. The highest BCUT2D eigenvalue weighted by Crippen LogP contribution is 2.63. The molecule has 2 heterocycles. The average molecular weight is 701 g/mol. The van der Waals surface area contributed by atoms with Gasteiger partial charge in [0.05, 0.1) is 23.3 Å². The first-order valence-corrected chi connectivity index (χ1v) is 16.4. The molecule has 1 N–H and O–H groups in total. The summed E-state index contributed by atoms with van der Waals surface area (Å²) in [4.78, 5) is 77.3. The van der Waals surface area contributed by atoms with E-state index in [1.54, 1.807) is 6.92 Å². The van der Waals surface area contributed by atoms with Crippen molar-refractivity contribution in [3.05, 3.63) is 12.2 Å². The fraction of sp³-hybridized carbons (Fsp3) is 0.758. The summed E-state index contributed by atoms with van der Waals surface area (Å²) in [5.41, 5.74) is -5.60. The Morgan fingerprint density at radius 1 is 0.917 bits per heavy atom. The van der Waals surface area contributed by atoms with Gasteiger partial charge in [-0.25, -0.2) is 0 Å². The molecule has 12 unspecified atom stereocenters. The Labute approximate surface area is 284 Å². The molecule has 0 amide bonds. The molecule has 2 aliphatic carbocycles. The van der Waals surface area contributed by atoms with Crippen LogP contribution in [0.3, 0.4) is 0 Å². The molecule has 4 aliphatic rings. The van der Waals surface area contributed by atoms with Crippen molar-refractivity contribution in [2.75, 3.05) is 6.61 Å². The highest BCUT2D eigenvalue weighted by molar-refractivity contribution is 6.23. The average Bonchev–Trinajstić information content (AvgIpc) is 3.70. The summed E-state index contributed by atoms with van der Waals surface area (Å²) in [7, 11) is 0. The number of esters is 6. The molecule has 0 radical (unpaired) electrons. The third kappa shape index (κ3) is 6.67. The molecule has 12 atom stereocenters. The van der Waals surface area contributed by atoms with Crippen LogP contribution in [0.1, 0.15) is 74.7 Å². The van der Waals surface area contributed by atoms with E-state index >= 15 is 0 Å². The summed E-state index contributed by atoms with van der Waals surface area (Å²) < 4.78 is 41.3. The van der Waals surface area contributed by atoms with Crippen molar-refractivity contribution in [1.29, 1.82) is 0 Å².